The Balaban J connectivity index is 3.69. The molecule has 1 nitrogen and oxygen atoms in total. The summed E-state index contributed by atoms with van der Waals surface area (Å²) in [5.41, 5.74) is 2.44. The number of unbranched alkanes of at least 4 members (excludes halogenated alkanes) is 2. The van der Waals surface area contributed by atoms with Gasteiger partial charge in [-0.25, -0.2) is 0 Å². The van der Waals surface area contributed by atoms with Gasteiger partial charge in [0.1, 0.15) is 6.29 Å². The van der Waals surface area contributed by atoms with Crippen LogP contribution < -0.4 is 0 Å². The minimum absolute atomic E-state index is 0.463. The smallest absolute Gasteiger partial charge is 0.120 e. The van der Waals surface area contributed by atoms with Gasteiger partial charge in [0.2, 0.25) is 0 Å². The van der Waals surface area contributed by atoms with Crippen LogP contribution in [0.2, 0.25) is 0 Å². The molecule has 12 heavy (non-hydrogen) atoms. The largest absolute Gasteiger partial charge is 0.303 e. The molecule has 0 unspecified atom stereocenters. The molecule has 0 fully saturated rings. The van der Waals surface area contributed by atoms with E-state index in [0.29, 0.717) is 12.3 Å². The summed E-state index contributed by atoms with van der Waals surface area (Å²) in [4.78, 5) is 9.96. The number of allylic oxidation sites excluding steroid dienone is 3. The Hall–Kier alpha value is -0.270. The zero-order chi connectivity index (χ0) is 9.23. The van der Waals surface area contributed by atoms with Crippen LogP contribution in [0.15, 0.2) is 23.3 Å². The Labute approximate surface area is 83.0 Å². The first-order valence-corrected chi connectivity index (χ1v) is 4.77. The molecule has 0 spiro atoms. The first-order chi connectivity index (χ1) is 5.85. The summed E-state index contributed by atoms with van der Waals surface area (Å²) in [6.45, 7) is 0. The summed E-state index contributed by atoms with van der Waals surface area (Å²) < 4.78 is 0. The molecule has 3 heteroatoms. The van der Waals surface area contributed by atoms with E-state index >= 15 is 0 Å². The number of halogens is 2. The van der Waals surface area contributed by atoms with Crippen molar-refractivity contribution in [2.75, 3.05) is 5.88 Å². The van der Waals surface area contributed by atoms with E-state index in [1.54, 1.807) is 6.08 Å². The van der Waals surface area contributed by atoms with E-state index in [0.717, 1.165) is 24.7 Å². The van der Waals surface area contributed by atoms with Crippen molar-refractivity contribution in [3.8, 4) is 0 Å². The van der Waals surface area contributed by atoms with Gasteiger partial charge >= 0.3 is 0 Å². The second-order valence-electron chi connectivity index (χ2n) is 2.30. The van der Waals surface area contributed by atoms with Gasteiger partial charge in [0.05, 0.1) is 0 Å². The second-order valence-corrected chi connectivity index (χ2v) is 2.82. The minimum Gasteiger partial charge on any atom is -0.303 e. The summed E-state index contributed by atoms with van der Waals surface area (Å²) in [5.74, 6) is 0.463. The van der Waals surface area contributed by atoms with Crippen LogP contribution >= 0.6 is 23.2 Å². The first-order valence-electron chi connectivity index (χ1n) is 3.80. The summed E-state index contributed by atoms with van der Waals surface area (Å²) >= 11 is 11.0. The van der Waals surface area contributed by atoms with Crippen molar-refractivity contribution < 1.29 is 4.79 Å². The average molecular weight is 207 g/mol. The molecule has 0 bridgehead atoms. The van der Waals surface area contributed by atoms with Gasteiger partial charge in [-0.05, 0) is 24.5 Å². The maximum atomic E-state index is 9.96. The van der Waals surface area contributed by atoms with Crippen LogP contribution in [0.4, 0.5) is 0 Å². The molecule has 68 valence electrons. The molecular formula is C9H12Cl2O. The number of aldehydes is 1. The van der Waals surface area contributed by atoms with Crippen LogP contribution in [0.3, 0.4) is 0 Å². The van der Waals surface area contributed by atoms with Gasteiger partial charge in [0.25, 0.3) is 0 Å². The highest BCUT2D eigenvalue weighted by Gasteiger charge is 1.88. The van der Waals surface area contributed by atoms with Crippen molar-refractivity contribution in [2.24, 2.45) is 0 Å². The Morgan fingerprint density at radius 2 is 2.08 bits per heavy atom. The van der Waals surface area contributed by atoms with E-state index in [-0.39, 0.29) is 0 Å². The fourth-order valence-electron chi connectivity index (χ4n) is 0.737. The topological polar surface area (TPSA) is 17.1 Å². The van der Waals surface area contributed by atoms with E-state index in [1.165, 1.54) is 5.54 Å². The van der Waals surface area contributed by atoms with Gasteiger partial charge in [0.15, 0.2) is 0 Å². The molecule has 0 aliphatic rings. The van der Waals surface area contributed by atoms with Gasteiger partial charge < -0.3 is 4.79 Å². The van der Waals surface area contributed by atoms with Crippen molar-refractivity contribution >= 4 is 29.5 Å². The van der Waals surface area contributed by atoms with Crippen molar-refractivity contribution in [2.45, 2.75) is 19.3 Å². The van der Waals surface area contributed by atoms with Crippen LogP contribution in [-0.4, -0.2) is 12.2 Å². The predicted octanol–water partition coefficient (Wildman–Crippen LogP) is 3.27. The molecule has 0 aliphatic carbocycles. The molecule has 0 rings (SSSR count). The fraction of sp³-hybridized carbons (Fsp3) is 0.444. The molecule has 0 aromatic heterocycles. The third kappa shape index (κ3) is 6.44. The van der Waals surface area contributed by atoms with Crippen LogP contribution in [0.5, 0.6) is 0 Å². The molecule has 0 saturated carbocycles. The quantitative estimate of drug-likeness (QED) is 0.282. The number of carbonyl (C=O) groups excluding carboxylic acids is 1. The normalized spacial score (nSPS) is 12.3. The molecule has 0 aromatic rings. The van der Waals surface area contributed by atoms with Gasteiger partial charge in [-0.3, -0.25) is 0 Å². The van der Waals surface area contributed by atoms with Crippen LogP contribution in [0, 0.1) is 0 Å². The van der Waals surface area contributed by atoms with Gasteiger partial charge in [-0.1, -0.05) is 17.7 Å². The molecule has 0 aromatic carbocycles. The van der Waals surface area contributed by atoms with E-state index in [2.05, 4.69) is 0 Å². The molecule has 0 aliphatic heterocycles. The highest BCUT2D eigenvalue weighted by Crippen LogP contribution is 2.05. The lowest BCUT2D eigenvalue weighted by Crippen LogP contribution is -1.80. The molecule has 0 amide bonds. The lowest BCUT2D eigenvalue weighted by molar-refractivity contribution is -0.107. The monoisotopic (exact) mass is 206 g/mol. The molecule has 0 N–H and O–H groups in total. The molecule has 0 atom stereocenters. The maximum absolute atomic E-state index is 9.96. The van der Waals surface area contributed by atoms with Crippen LogP contribution in [0.25, 0.3) is 0 Å². The average Bonchev–Trinajstić information content (AvgIpc) is 2.10. The first kappa shape index (κ1) is 11.7. The third-order valence-corrected chi connectivity index (χ3v) is 1.80. The van der Waals surface area contributed by atoms with E-state index in [1.807, 2.05) is 6.08 Å². The van der Waals surface area contributed by atoms with Crippen LogP contribution in [0.1, 0.15) is 19.3 Å². The summed E-state index contributed by atoms with van der Waals surface area (Å²) in [7, 11) is 0. The van der Waals surface area contributed by atoms with Crippen molar-refractivity contribution in [3.05, 3.63) is 23.3 Å². The predicted molar refractivity (Wildman–Crippen MR) is 53.7 cm³/mol. The van der Waals surface area contributed by atoms with Crippen molar-refractivity contribution in [1.29, 1.82) is 0 Å². The van der Waals surface area contributed by atoms with Crippen molar-refractivity contribution in [3.63, 3.8) is 0 Å². The lowest BCUT2D eigenvalue weighted by atomic mass is 10.2. The van der Waals surface area contributed by atoms with E-state index < -0.39 is 0 Å². The standard InChI is InChI=1S/C9H12Cl2O/c10-6-5-9(8-11)4-2-1-3-7-12/h4-7H,1-3,8H2/b6-5+,9-4-. The summed E-state index contributed by atoms with van der Waals surface area (Å²) in [6.07, 6.45) is 7.04. The molecular weight excluding hydrogens is 195 g/mol. The minimum atomic E-state index is 0.463. The highest BCUT2D eigenvalue weighted by atomic mass is 35.5. The zero-order valence-corrected chi connectivity index (χ0v) is 8.31. The van der Waals surface area contributed by atoms with Crippen molar-refractivity contribution in [1.82, 2.24) is 0 Å². The Bertz CT molecular complexity index is 173. The van der Waals surface area contributed by atoms with Gasteiger partial charge in [0, 0.05) is 17.8 Å². The number of alkyl halides is 1. The Morgan fingerprint density at radius 1 is 1.33 bits per heavy atom. The lowest BCUT2D eigenvalue weighted by Gasteiger charge is -1.94. The van der Waals surface area contributed by atoms with Crippen LogP contribution in [-0.2, 0) is 4.79 Å². The zero-order valence-electron chi connectivity index (χ0n) is 6.80. The Morgan fingerprint density at radius 3 is 2.58 bits per heavy atom. The number of carbonyl (C=O) groups is 1. The van der Waals surface area contributed by atoms with E-state index in [4.69, 9.17) is 23.2 Å². The third-order valence-electron chi connectivity index (χ3n) is 1.36. The van der Waals surface area contributed by atoms with Gasteiger partial charge in [-0.2, -0.15) is 0 Å². The molecule has 0 radical (unpaired) electrons. The SMILES string of the molecule is O=CCCC/C=C(/C=C/Cl)CCl. The summed E-state index contributed by atoms with van der Waals surface area (Å²) in [6, 6.07) is 0. The number of hydrogen-bond donors (Lipinski definition) is 0. The number of rotatable bonds is 6. The summed E-state index contributed by atoms with van der Waals surface area (Å²) in [5, 5.41) is 0. The second kappa shape index (κ2) is 8.82. The Kier molecular flexibility index (Phi) is 8.62. The fourth-order valence-corrected chi connectivity index (χ4v) is 1.10. The highest BCUT2D eigenvalue weighted by molar-refractivity contribution is 6.25. The van der Waals surface area contributed by atoms with E-state index in [9.17, 15) is 4.79 Å². The molecule has 0 saturated heterocycles. The molecule has 0 heterocycles. The van der Waals surface area contributed by atoms with Gasteiger partial charge in [-0.15, -0.1) is 11.6 Å². The maximum Gasteiger partial charge on any atom is 0.120 e. The number of hydrogen-bond acceptors (Lipinski definition) is 1.